The summed E-state index contributed by atoms with van der Waals surface area (Å²) in [6, 6.07) is 12.1. The van der Waals surface area contributed by atoms with E-state index in [1.807, 2.05) is 45.0 Å². The fourth-order valence-electron chi connectivity index (χ4n) is 3.61. The third kappa shape index (κ3) is 8.13. The molecule has 0 bridgehead atoms. The van der Waals surface area contributed by atoms with Crippen LogP contribution in [0, 0.1) is 12.7 Å². The van der Waals surface area contributed by atoms with E-state index >= 15 is 0 Å². The summed E-state index contributed by atoms with van der Waals surface area (Å²) in [6.07, 6.45) is 1.37. The van der Waals surface area contributed by atoms with E-state index in [1.165, 1.54) is 29.2 Å². The summed E-state index contributed by atoms with van der Waals surface area (Å²) in [7, 11) is -3.62. The zero-order chi connectivity index (χ0) is 25.5. The van der Waals surface area contributed by atoms with Crippen LogP contribution in [-0.4, -0.2) is 50.0 Å². The largest absolute Gasteiger partial charge is 0.352 e. The van der Waals surface area contributed by atoms with E-state index in [2.05, 4.69) is 5.32 Å². The maximum Gasteiger partial charge on any atom is 0.242 e. The lowest BCUT2D eigenvalue weighted by atomic mass is 10.1. The molecule has 2 amide bonds. The summed E-state index contributed by atoms with van der Waals surface area (Å²) in [5.41, 5.74) is 2.28. The predicted molar refractivity (Wildman–Crippen MR) is 132 cm³/mol. The van der Waals surface area contributed by atoms with E-state index < -0.39 is 21.9 Å². The van der Waals surface area contributed by atoms with E-state index in [1.54, 1.807) is 6.92 Å². The van der Waals surface area contributed by atoms with E-state index in [4.69, 9.17) is 0 Å². The monoisotopic (exact) mass is 491 g/mol. The van der Waals surface area contributed by atoms with Crippen molar-refractivity contribution in [1.82, 2.24) is 10.2 Å². The number of hydrogen-bond acceptors (Lipinski definition) is 4. The van der Waals surface area contributed by atoms with Crippen LogP contribution in [0.3, 0.4) is 0 Å². The third-order valence-electron chi connectivity index (χ3n) is 5.30. The number of anilines is 1. The molecule has 0 aliphatic heterocycles. The Morgan fingerprint density at radius 1 is 1.06 bits per heavy atom. The van der Waals surface area contributed by atoms with Crippen molar-refractivity contribution in [2.24, 2.45) is 0 Å². The van der Waals surface area contributed by atoms with Gasteiger partial charge in [0.2, 0.25) is 21.8 Å². The molecule has 0 aliphatic carbocycles. The topological polar surface area (TPSA) is 86.8 Å². The number of nitrogens with one attached hydrogen (secondary N) is 1. The minimum absolute atomic E-state index is 0.0539. The van der Waals surface area contributed by atoms with Gasteiger partial charge in [0.1, 0.15) is 11.9 Å². The quantitative estimate of drug-likeness (QED) is 0.520. The first-order valence-corrected chi connectivity index (χ1v) is 13.1. The summed E-state index contributed by atoms with van der Waals surface area (Å²) in [5, 5.41) is 2.84. The highest BCUT2D eigenvalue weighted by Crippen LogP contribution is 2.20. The summed E-state index contributed by atoms with van der Waals surface area (Å²) in [4.78, 5) is 27.4. The number of aryl methyl sites for hydroxylation is 1. The maximum absolute atomic E-state index is 13.3. The Morgan fingerprint density at radius 2 is 1.71 bits per heavy atom. The Morgan fingerprint density at radius 3 is 2.26 bits per heavy atom. The Bertz CT molecular complexity index is 1090. The normalized spacial score (nSPS) is 12.3. The van der Waals surface area contributed by atoms with Gasteiger partial charge in [-0.1, -0.05) is 29.8 Å². The molecule has 0 radical (unpaired) electrons. The highest BCUT2D eigenvalue weighted by Gasteiger charge is 2.27. The average Bonchev–Trinajstić information content (AvgIpc) is 2.74. The second-order valence-corrected chi connectivity index (χ2v) is 10.7. The number of halogens is 1. The van der Waals surface area contributed by atoms with Crippen molar-refractivity contribution in [2.45, 2.75) is 59.2 Å². The molecular formula is C25H34FN3O4S. The van der Waals surface area contributed by atoms with Crippen LogP contribution in [0.15, 0.2) is 48.5 Å². The maximum atomic E-state index is 13.3. The number of hydrogen-bond donors (Lipinski definition) is 1. The molecule has 34 heavy (non-hydrogen) atoms. The van der Waals surface area contributed by atoms with Crippen molar-refractivity contribution >= 4 is 27.5 Å². The van der Waals surface area contributed by atoms with Crippen LogP contribution < -0.4 is 9.62 Å². The molecule has 0 aliphatic rings. The van der Waals surface area contributed by atoms with Gasteiger partial charge in [-0.05, 0) is 63.9 Å². The number of amides is 2. The van der Waals surface area contributed by atoms with E-state index in [0.29, 0.717) is 5.69 Å². The Labute approximate surface area is 202 Å². The van der Waals surface area contributed by atoms with Gasteiger partial charge in [-0.25, -0.2) is 12.8 Å². The highest BCUT2D eigenvalue weighted by molar-refractivity contribution is 7.92. The zero-order valence-electron chi connectivity index (χ0n) is 20.4. The van der Waals surface area contributed by atoms with Crippen LogP contribution >= 0.6 is 0 Å². The number of rotatable bonds is 11. The van der Waals surface area contributed by atoms with Gasteiger partial charge >= 0.3 is 0 Å². The van der Waals surface area contributed by atoms with Crippen LogP contribution in [0.1, 0.15) is 44.7 Å². The molecule has 1 atom stereocenters. The number of sulfonamides is 1. The minimum Gasteiger partial charge on any atom is -0.352 e. The molecular weight excluding hydrogens is 457 g/mol. The van der Waals surface area contributed by atoms with Crippen LogP contribution in [0.2, 0.25) is 0 Å². The number of carbonyl (C=O) groups is 2. The fourth-order valence-corrected chi connectivity index (χ4v) is 4.57. The summed E-state index contributed by atoms with van der Waals surface area (Å²) in [6.45, 7) is 7.67. The molecule has 2 aromatic carbocycles. The molecule has 186 valence electrons. The second-order valence-electron chi connectivity index (χ2n) is 8.77. The van der Waals surface area contributed by atoms with Crippen molar-refractivity contribution in [2.75, 3.05) is 17.1 Å². The molecule has 1 N–H and O–H groups in total. The van der Waals surface area contributed by atoms with Crippen molar-refractivity contribution < 1.29 is 22.4 Å². The van der Waals surface area contributed by atoms with Gasteiger partial charge in [0.15, 0.2) is 0 Å². The van der Waals surface area contributed by atoms with Crippen molar-refractivity contribution in [1.29, 1.82) is 0 Å². The molecule has 7 nitrogen and oxygen atoms in total. The van der Waals surface area contributed by atoms with Crippen LogP contribution in [-0.2, 0) is 26.2 Å². The van der Waals surface area contributed by atoms with Gasteiger partial charge in [0, 0.05) is 25.6 Å². The predicted octanol–water partition coefficient (Wildman–Crippen LogP) is 3.62. The number of nitrogens with zero attached hydrogens (tertiary/aromatic N) is 2. The van der Waals surface area contributed by atoms with Crippen molar-refractivity contribution in [3.05, 3.63) is 65.5 Å². The van der Waals surface area contributed by atoms with Crippen molar-refractivity contribution in [3.8, 4) is 0 Å². The third-order valence-corrected chi connectivity index (χ3v) is 6.49. The number of benzene rings is 2. The fraction of sp³-hybridized carbons (Fsp3) is 0.440. The zero-order valence-corrected chi connectivity index (χ0v) is 21.2. The summed E-state index contributed by atoms with van der Waals surface area (Å²) in [5.74, 6) is -0.964. The molecule has 0 saturated carbocycles. The van der Waals surface area contributed by atoms with Crippen LogP contribution in [0.5, 0.6) is 0 Å². The van der Waals surface area contributed by atoms with Crippen LogP contribution in [0.25, 0.3) is 0 Å². The van der Waals surface area contributed by atoms with Gasteiger partial charge in [-0.3, -0.25) is 13.9 Å². The molecule has 9 heteroatoms. The number of carbonyl (C=O) groups excluding carboxylic acids is 2. The van der Waals surface area contributed by atoms with Gasteiger partial charge < -0.3 is 10.2 Å². The molecule has 2 aromatic rings. The first-order chi connectivity index (χ1) is 15.9. The molecule has 0 aromatic heterocycles. The van der Waals surface area contributed by atoms with Gasteiger partial charge in [-0.15, -0.1) is 0 Å². The second kappa shape index (κ2) is 12.0. The van der Waals surface area contributed by atoms with E-state index in [-0.39, 0.29) is 43.8 Å². The molecule has 2 rings (SSSR count). The lowest BCUT2D eigenvalue weighted by Crippen LogP contribution is -2.49. The first kappa shape index (κ1) is 27.3. The Hall–Kier alpha value is -2.94. The highest BCUT2D eigenvalue weighted by atomic mass is 32.2. The molecule has 0 spiro atoms. The van der Waals surface area contributed by atoms with E-state index in [9.17, 15) is 22.4 Å². The Kier molecular flexibility index (Phi) is 9.61. The van der Waals surface area contributed by atoms with Gasteiger partial charge in [-0.2, -0.15) is 0 Å². The SMILES string of the molecule is Cc1cccc(CN(C(=O)CCCN(c2ccc(F)cc2)S(C)(=O)=O)C(C)C(=O)NC(C)C)c1. The average molecular weight is 492 g/mol. The minimum atomic E-state index is -3.62. The van der Waals surface area contributed by atoms with Crippen molar-refractivity contribution in [3.63, 3.8) is 0 Å². The first-order valence-electron chi connectivity index (χ1n) is 11.3. The Balaban J connectivity index is 2.16. The lowest BCUT2D eigenvalue weighted by molar-refractivity contribution is -0.140. The standard InChI is InChI=1S/C25H34FN3O4S/c1-18(2)27-25(31)20(4)28(17-21-9-6-8-19(3)16-21)24(30)10-7-15-29(34(5,32)33)23-13-11-22(26)12-14-23/h6,8-9,11-14,16,18,20H,7,10,15,17H2,1-5H3,(H,27,31). The summed E-state index contributed by atoms with van der Waals surface area (Å²) >= 11 is 0. The summed E-state index contributed by atoms with van der Waals surface area (Å²) < 4.78 is 39.0. The lowest BCUT2D eigenvalue weighted by Gasteiger charge is -2.30. The van der Waals surface area contributed by atoms with E-state index in [0.717, 1.165) is 21.7 Å². The van der Waals surface area contributed by atoms with Gasteiger partial charge in [0.25, 0.3) is 0 Å². The smallest absolute Gasteiger partial charge is 0.242 e. The molecule has 0 heterocycles. The molecule has 0 fully saturated rings. The van der Waals surface area contributed by atoms with Crippen LogP contribution in [0.4, 0.5) is 10.1 Å². The molecule has 0 saturated heterocycles. The molecule has 1 unspecified atom stereocenters. The van der Waals surface area contributed by atoms with Gasteiger partial charge in [0.05, 0.1) is 11.9 Å².